The Morgan fingerprint density at radius 2 is 2.38 bits per heavy atom. The molecule has 2 aromatic rings. The molecule has 0 amide bonds. The third kappa shape index (κ3) is 1.77. The standard InChI is InChI=1S/C10H6BrN3O2/c11-6-1-2-9-7(3-6)8(4-12)13-14(9)5-10(15)16/h1-3H,5H2,(H,15,16). The fourth-order valence-electron chi connectivity index (χ4n) is 1.48. The maximum Gasteiger partial charge on any atom is 0.325 e. The molecule has 0 aliphatic rings. The van der Waals surface area contributed by atoms with Gasteiger partial charge in [0, 0.05) is 9.86 Å². The van der Waals surface area contributed by atoms with Crippen LogP contribution in [0.1, 0.15) is 5.69 Å². The lowest BCUT2D eigenvalue weighted by Gasteiger charge is -1.98. The molecule has 0 aliphatic carbocycles. The number of halogens is 1. The Bertz CT molecular complexity index is 612. The van der Waals surface area contributed by atoms with Gasteiger partial charge in [0.2, 0.25) is 0 Å². The maximum absolute atomic E-state index is 10.6. The van der Waals surface area contributed by atoms with Crippen molar-refractivity contribution in [3.05, 3.63) is 28.4 Å². The van der Waals surface area contributed by atoms with Gasteiger partial charge in [-0.25, -0.2) is 0 Å². The van der Waals surface area contributed by atoms with Crippen molar-refractivity contribution in [1.29, 1.82) is 5.26 Å². The van der Waals surface area contributed by atoms with Crippen LogP contribution in [0.3, 0.4) is 0 Å². The fraction of sp³-hybridized carbons (Fsp3) is 0.100. The van der Waals surface area contributed by atoms with Gasteiger partial charge in [0.1, 0.15) is 12.6 Å². The van der Waals surface area contributed by atoms with Gasteiger partial charge in [-0.05, 0) is 18.2 Å². The zero-order chi connectivity index (χ0) is 11.7. The number of carboxylic acids is 1. The number of carboxylic acid groups (broad SMARTS) is 1. The Kier molecular flexibility index (Phi) is 2.62. The van der Waals surface area contributed by atoms with Crippen molar-refractivity contribution in [3.63, 3.8) is 0 Å². The minimum Gasteiger partial charge on any atom is -0.480 e. The topological polar surface area (TPSA) is 78.9 Å². The molecule has 0 radical (unpaired) electrons. The van der Waals surface area contributed by atoms with Crippen LogP contribution in [0, 0.1) is 11.3 Å². The van der Waals surface area contributed by atoms with Crippen LogP contribution >= 0.6 is 15.9 Å². The molecule has 1 N–H and O–H groups in total. The number of rotatable bonds is 2. The summed E-state index contributed by atoms with van der Waals surface area (Å²) >= 11 is 3.29. The molecule has 1 heterocycles. The Morgan fingerprint density at radius 1 is 1.62 bits per heavy atom. The molecule has 0 saturated heterocycles. The van der Waals surface area contributed by atoms with Gasteiger partial charge >= 0.3 is 5.97 Å². The summed E-state index contributed by atoms with van der Waals surface area (Å²) in [7, 11) is 0. The number of aromatic nitrogens is 2. The molecule has 2 rings (SSSR count). The molecule has 0 unspecified atom stereocenters. The normalized spacial score (nSPS) is 10.2. The number of fused-ring (bicyclic) bond motifs is 1. The van der Waals surface area contributed by atoms with Crippen molar-refractivity contribution < 1.29 is 9.90 Å². The molecule has 0 bridgehead atoms. The highest BCUT2D eigenvalue weighted by Gasteiger charge is 2.12. The van der Waals surface area contributed by atoms with Crippen LogP contribution < -0.4 is 0 Å². The lowest BCUT2D eigenvalue weighted by Crippen LogP contribution is -2.09. The van der Waals surface area contributed by atoms with Crippen LogP contribution in [0.25, 0.3) is 10.9 Å². The van der Waals surface area contributed by atoms with Crippen molar-refractivity contribution in [3.8, 4) is 6.07 Å². The summed E-state index contributed by atoms with van der Waals surface area (Å²) in [5.74, 6) is -0.989. The molecule has 0 saturated carbocycles. The summed E-state index contributed by atoms with van der Waals surface area (Å²) < 4.78 is 2.13. The van der Waals surface area contributed by atoms with Gasteiger partial charge in [0.05, 0.1) is 5.52 Å². The summed E-state index contributed by atoms with van der Waals surface area (Å²) in [6, 6.07) is 7.21. The Balaban J connectivity index is 2.69. The molecule has 0 spiro atoms. The van der Waals surface area contributed by atoms with Crippen molar-refractivity contribution >= 4 is 32.8 Å². The maximum atomic E-state index is 10.6. The number of aliphatic carboxylic acids is 1. The third-order valence-electron chi connectivity index (χ3n) is 2.10. The van der Waals surface area contributed by atoms with E-state index < -0.39 is 5.97 Å². The van der Waals surface area contributed by atoms with E-state index in [0.29, 0.717) is 10.9 Å². The van der Waals surface area contributed by atoms with Crippen LogP contribution in [0.5, 0.6) is 0 Å². The number of nitriles is 1. The largest absolute Gasteiger partial charge is 0.480 e. The molecule has 6 heteroatoms. The zero-order valence-electron chi connectivity index (χ0n) is 8.01. The van der Waals surface area contributed by atoms with Gasteiger partial charge in [-0.2, -0.15) is 10.4 Å². The molecule has 80 valence electrons. The fourth-order valence-corrected chi connectivity index (χ4v) is 1.84. The van der Waals surface area contributed by atoms with Crippen LogP contribution in [-0.2, 0) is 11.3 Å². The Morgan fingerprint density at radius 3 is 3.00 bits per heavy atom. The first-order valence-corrected chi connectivity index (χ1v) is 5.19. The van der Waals surface area contributed by atoms with E-state index in [2.05, 4.69) is 21.0 Å². The van der Waals surface area contributed by atoms with E-state index in [0.717, 1.165) is 4.47 Å². The molecule has 5 nitrogen and oxygen atoms in total. The molecule has 1 aromatic heterocycles. The van der Waals surface area contributed by atoms with Crippen molar-refractivity contribution in [1.82, 2.24) is 9.78 Å². The molecule has 0 aliphatic heterocycles. The molecular weight excluding hydrogens is 274 g/mol. The zero-order valence-corrected chi connectivity index (χ0v) is 9.60. The van der Waals surface area contributed by atoms with Crippen LogP contribution in [0.4, 0.5) is 0 Å². The monoisotopic (exact) mass is 279 g/mol. The van der Waals surface area contributed by atoms with E-state index >= 15 is 0 Å². The first kappa shape index (κ1) is 10.6. The second-order valence-electron chi connectivity index (χ2n) is 3.17. The van der Waals surface area contributed by atoms with Gasteiger partial charge in [-0.1, -0.05) is 15.9 Å². The lowest BCUT2D eigenvalue weighted by atomic mass is 10.2. The van der Waals surface area contributed by atoms with Gasteiger partial charge in [-0.15, -0.1) is 0 Å². The summed E-state index contributed by atoms with van der Waals surface area (Å²) in [5, 5.41) is 22.2. The summed E-state index contributed by atoms with van der Waals surface area (Å²) in [6.45, 7) is -0.250. The Labute approximate surface area is 99.0 Å². The second-order valence-corrected chi connectivity index (χ2v) is 4.09. The van der Waals surface area contributed by atoms with Gasteiger partial charge in [0.15, 0.2) is 5.69 Å². The Hall–Kier alpha value is -1.87. The first-order valence-electron chi connectivity index (χ1n) is 4.40. The molecule has 0 atom stereocenters. The number of benzene rings is 1. The number of carbonyl (C=O) groups is 1. The van der Waals surface area contributed by atoms with E-state index in [9.17, 15) is 4.79 Å². The van der Waals surface area contributed by atoms with E-state index in [-0.39, 0.29) is 12.2 Å². The molecular formula is C10H6BrN3O2. The molecule has 16 heavy (non-hydrogen) atoms. The second kappa shape index (κ2) is 3.94. The predicted molar refractivity (Wildman–Crippen MR) is 59.8 cm³/mol. The van der Waals surface area contributed by atoms with E-state index in [1.54, 1.807) is 18.2 Å². The highest BCUT2D eigenvalue weighted by molar-refractivity contribution is 9.10. The van der Waals surface area contributed by atoms with Crippen molar-refractivity contribution in [2.45, 2.75) is 6.54 Å². The minimum absolute atomic E-state index is 0.234. The van der Waals surface area contributed by atoms with Crippen molar-refractivity contribution in [2.24, 2.45) is 0 Å². The van der Waals surface area contributed by atoms with Gasteiger partial charge in [-0.3, -0.25) is 9.48 Å². The molecule has 0 fully saturated rings. The molecule has 1 aromatic carbocycles. The van der Waals surface area contributed by atoms with Gasteiger partial charge in [0.25, 0.3) is 0 Å². The summed E-state index contributed by atoms with van der Waals surface area (Å²) in [5.41, 5.74) is 0.875. The highest BCUT2D eigenvalue weighted by Crippen LogP contribution is 2.22. The van der Waals surface area contributed by atoms with Crippen LogP contribution in [-0.4, -0.2) is 20.9 Å². The van der Waals surface area contributed by atoms with E-state index in [4.69, 9.17) is 10.4 Å². The average molecular weight is 280 g/mol. The summed E-state index contributed by atoms with van der Waals surface area (Å²) in [4.78, 5) is 10.6. The van der Waals surface area contributed by atoms with Crippen molar-refractivity contribution in [2.75, 3.05) is 0 Å². The van der Waals surface area contributed by atoms with Crippen LogP contribution in [0.2, 0.25) is 0 Å². The number of nitrogens with zero attached hydrogens (tertiary/aromatic N) is 3. The third-order valence-corrected chi connectivity index (χ3v) is 2.60. The summed E-state index contributed by atoms with van der Waals surface area (Å²) in [6.07, 6.45) is 0. The minimum atomic E-state index is -0.989. The quantitative estimate of drug-likeness (QED) is 0.909. The number of hydrogen-bond acceptors (Lipinski definition) is 3. The van der Waals surface area contributed by atoms with Crippen LogP contribution in [0.15, 0.2) is 22.7 Å². The lowest BCUT2D eigenvalue weighted by molar-refractivity contribution is -0.137. The van der Waals surface area contributed by atoms with E-state index in [1.165, 1.54) is 4.68 Å². The SMILES string of the molecule is N#Cc1nn(CC(=O)O)c2ccc(Br)cc12. The highest BCUT2D eigenvalue weighted by atomic mass is 79.9. The smallest absolute Gasteiger partial charge is 0.325 e. The van der Waals surface area contributed by atoms with E-state index in [1.807, 2.05) is 6.07 Å². The predicted octanol–water partition coefficient (Wildman–Crippen LogP) is 1.76. The first-order chi connectivity index (χ1) is 7.61. The van der Waals surface area contributed by atoms with Gasteiger partial charge < -0.3 is 5.11 Å². The number of hydrogen-bond donors (Lipinski definition) is 1. The average Bonchev–Trinajstić information content (AvgIpc) is 2.55.